The molecule has 0 aliphatic carbocycles. The number of ether oxygens (including phenoxy) is 1. The number of fused-ring (bicyclic) bond motifs is 1. The highest BCUT2D eigenvalue weighted by molar-refractivity contribution is 5.93. The van der Waals surface area contributed by atoms with E-state index in [-0.39, 0.29) is 28.0 Å². The van der Waals surface area contributed by atoms with Crippen molar-refractivity contribution in [3.05, 3.63) is 47.0 Å². The van der Waals surface area contributed by atoms with Crippen LogP contribution in [0.4, 0.5) is 27.6 Å². The molecular weight excluding hydrogens is 399 g/mol. The normalized spacial score (nSPS) is 11.5. The van der Waals surface area contributed by atoms with E-state index in [4.69, 9.17) is 0 Å². The highest BCUT2D eigenvalue weighted by atomic mass is 19.3. The van der Waals surface area contributed by atoms with Crippen LogP contribution in [-0.4, -0.2) is 27.3 Å². The number of benzene rings is 1. The van der Waals surface area contributed by atoms with Crippen molar-refractivity contribution in [2.45, 2.75) is 33.4 Å². The summed E-state index contributed by atoms with van der Waals surface area (Å²) in [7, 11) is 0. The van der Waals surface area contributed by atoms with Gasteiger partial charge in [0.05, 0.1) is 16.8 Å². The summed E-state index contributed by atoms with van der Waals surface area (Å²) in [6.07, 6.45) is -2.75. The zero-order valence-electron chi connectivity index (χ0n) is 15.2. The maximum absolute atomic E-state index is 13.3. The van der Waals surface area contributed by atoms with E-state index in [0.717, 1.165) is 16.8 Å². The Balaban J connectivity index is 1.90. The number of hydrogen-bond acceptors (Lipinski definition) is 4. The Hall–Kier alpha value is -3.24. The first-order valence-electron chi connectivity index (χ1n) is 8.32. The fraction of sp³-hybridized carbons (Fsp3) is 0.278. The van der Waals surface area contributed by atoms with Crippen molar-refractivity contribution < 1.29 is 31.5 Å². The third-order valence-corrected chi connectivity index (χ3v) is 4.00. The molecule has 0 spiro atoms. The fourth-order valence-corrected chi connectivity index (χ4v) is 2.92. The van der Waals surface area contributed by atoms with Gasteiger partial charge in [0, 0.05) is 17.3 Å². The maximum Gasteiger partial charge on any atom is 0.387 e. The third-order valence-electron chi connectivity index (χ3n) is 4.00. The van der Waals surface area contributed by atoms with Crippen LogP contribution in [0.1, 0.15) is 23.4 Å². The molecule has 154 valence electrons. The molecule has 0 aliphatic heterocycles. The predicted octanol–water partition coefficient (Wildman–Crippen LogP) is 4.36. The standard InChI is InChI=1S/C18H15F5N4O2/c1-8-5-11(16(20)21)15-9(2)26-27(17(15)24-8)7-14(28)25-12-4-3-10(19)6-13(12)29-18(22)23/h3-6,16,18H,7H2,1-2H3,(H,25,28). The van der Waals surface area contributed by atoms with Crippen molar-refractivity contribution in [2.75, 3.05) is 5.32 Å². The molecule has 1 N–H and O–H groups in total. The number of nitrogens with zero attached hydrogens (tertiary/aromatic N) is 3. The SMILES string of the molecule is Cc1cc(C(F)F)c2c(C)nn(CC(=O)Nc3ccc(F)cc3OC(F)F)c2n1. The fourth-order valence-electron chi connectivity index (χ4n) is 2.92. The molecule has 1 amide bonds. The number of nitrogens with one attached hydrogen (secondary N) is 1. The molecule has 0 atom stereocenters. The molecule has 0 radical (unpaired) electrons. The zero-order valence-corrected chi connectivity index (χ0v) is 15.2. The zero-order chi connectivity index (χ0) is 21.3. The number of halogens is 5. The number of hydrogen-bond donors (Lipinski definition) is 1. The van der Waals surface area contributed by atoms with Gasteiger partial charge < -0.3 is 10.1 Å². The molecule has 3 rings (SSSR count). The first-order valence-corrected chi connectivity index (χ1v) is 8.32. The summed E-state index contributed by atoms with van der Waals surface area (Å²) in [5.41, 5.74) is 0.251. The summed E-state index contributed by atoms with van der Waals surface area (Å²) in [6, 6.07) is 3.98. The summed E-state index contributed by atoms with van der Waals surface area (Å²) >= 11 is 0. The van der Waals surface area contributed by atoms with Crippen molar-refractivity contribution in [1.29, 1.82) is 0 Å². The molecule has 2 aromatic heterocycles. The molecule has 0 aliphatic rings. The number of rotatable bonds is 6. The largest absolute Gasteiger partial charge is 0.432 e. The predicted molar refractivity (Wildman–Crippen MR) is 93.6 cm³/mol. The van der Waals surface area contributed by atoms with Gasteiger partial charge in [0.25, 0.3) is 6.43 Å². The minimum Gasteiger partial charge on any atom is -0.432 e. The number of pyridine rings is 1. The molecule has 0 fully saturated rings. The quantitative estimate of drug-likeness (QED) is 0.609. The van der Waals surface area contributed by atoms with E-state index in [2.05, 4.69) is 20.1 Å². The van der Waals surface area contributed by atoms with Crippen molar-refractivity contribution in [1.82, 2.24) is 14.8 Å². The Morgan fingerprint density at radius 2 is 1.93 bits per heavy atom. The van der Waals surface area contributed by atoms with Gasteiger partial charge in [-0.05, 0) is 32.0 Å². The van der Waals surface area contributed by atoms with E-state index in [1.807, 2.05) is 0 Å². The van der Waals surface area contributed by atoms with Gasteiger partial charge in [-0.1, -0.05) is 0 Å². The van der Waals surface area contributed by atoms with E-state index in [1.54, 1.807) is 0 Å². The third kappa shape index (κ3) is 4.44. The Kier molecular flexibility index (Phi) is 5.66. The number of alkyl halides is 4. The number of amides is 1. The van der Waals surface area contributed by atoms with Crippen LogP contribution in [0.25, 0.3) is 11.0 Å². The first kappa shape index (κ1) is 20.5. The van der Waals surface area contributed by atoms with E-state index in [0.29, 0.717) is 11.8 Å². The van der Waals surface area contributed by atoms with Gasteiger partial charge in [-0.25, -0.2) is 22.8 Å². The van der Waals surface area contributed by atoms with Crippen LogP contribution in [0.5, 0.6) is 5.75 Å². The maximum atomic E-state index is 13.3. The van der Waals surface area contributed by atoms with Gasteiger partial charge >= 0.3 is 6.61 Å². The van der Waals surface area contributed by atoms with Gasteiger partial charge in [0.2, 0.25) is 5.91 Å². The topological polar surface area (TPSA) is 69.0 Å². The second kappa shape index (κ2) is 8.02. The molecule has 0 saturated carbocycles. The van der Waals surface area contributed by atoms with Crippen molar-refractivity contribution in [3.63, 3.8) is 0 Å². The lowest BCUT2D eigenvalue weighted by Crippen LogP contribution is -2.20. The summed E-state index contributed by atoms with van der Waals surface area (Å²) in [6.45, 7) is -0.613. The van der Waals surface area contributed by atoms with Crippen LogP contribution < -0.4 is 10.1 Å². The van der Waals surface area contributed by atoms with Crippen LogP contribution in [0.3, 0.4) is 0 Å². The molecule has 6 nitrogen and oxygen atoms in total. The van der Waals surface area contributed by atoms with Gasteiger partial charge in [-0.2, -0.15) is 13.9 Å². The number of anilines is 1. The van der Waals surface area contributed by atoms with Gasteiger partial charge in [0.15, 0.2) is 11.4 Å². The lowest BCUT2D eigenvalue weighted by atomic mass is 10.1. The van der Waals surface area contributed by atoms with Gasteiger partial charge in [0.1, 0.15) is 12.4 Å². The Labute approximate surface area is 161 Å². The first-order chi connectivity index (χ1) is 13.7. The molecule has 0 unspecified atom stereocenters. The number of aryl methyl sites for hydroxylation is 2. The summed E-state index contributed by atoms with van der Waals surface area (Å²) < 4.78 is 70.3. The molecule has 29 heavy (non-hydrogen) atoms. The summed E-state index contributed by atoms with van der Waals surface area (Å²) in [5, 5.41) is 6.55. The summed E-state index contributed by atoms with van der Waals surface area (Å²) in [4.78, 5) is 16.6. The van der Waals surface area contributed by atoms with Crippen LogP contribution >= 0.6 is 0 Å². The van der Waals surface area contributed by atoms with Crippen molar-refractivity contribution in [3.8, 4) is 5.75 Å². The van der Waals surface area contributed by atoms with Crippen LogP contribution in [0, 0.1) is 19.7 Å². The van der Waals surface area contributed by atoms with Crippen molar-refractivity contribution in [2.24, 2.45) is 0 Å². The minimum absolute atomic E-state index is 0.0936. The molecule has 1 aromatic carbocycles. The molecule has 2 heterocycles. The van der Waals surface area contributed by atoms with Crippen LogP contribution in [-0.2, 0) is 11.3 Å². The Morgan fingerprint density at radius 1 is 1.21 bits per heavy atom. The number of carbonyl (C=O) groups is 1. The molecular formula is C18H15F5N4O2. The number of aromatic nitrogens is 3. The van der Waals surface area contributed by atoms with E-state index < -0.39 is 37.1 Å². The Morgan fingerprint density at radius 3 is 2.59 bits per heavy atom. The van der Waals surface area contributed by atoms with Crippen LogP contribution in [0.2, 0.25) is 0 Å². The average molecular weight is 414 g/mol. The van der Waals surface area contributed by atoms with Gasteiger partial charge in [-0.15, -0.1) is 0 Å². The van der Waals surface area contributed by atoms with Crippen molar-refractivity contribution >= 4 is 22.6 Å². The molecule has 3 aromatic rings. The molecule has 11 heteroatoms. The van der Waals surface area contributed by atoms with E-state index in [1.165, 1.54) is 19.9 Å². The summed E-state index contributed by atoms with van der Waals surface area (Å²) in [5.74, 6) is -2.10. The van der Waals surface area contributed by atoms with E-state index in [9.17, 15) is 26.7 Å². The Bertz CT molecular complexity index is 1070. The monoisotopic (exact) mass is 414 g/mol. The van der Waals surface area contributed by atoms with Crippen LogP contribution in [0.15, 0.2) is 24.3 Å². The molecule has 0 bridgehead atoms. The minimum atomic E-state index is -3.22. The number of carbonyl (C=O) groups excluding carboxylic acids is 1. The smallest absolute Gasteiger partial charge is 0.387 e. The second-order valence-corrected chi connectivity index (χ2v) is 6.16. The second-order valence-electron chi connectivity index (χ2n) is 6.16. The highest BCUT2D eigenvalue weighted by Gasteiger charge is 2.21. The highest BCUT2D eigenvalue weighted by Crippen LogP contribution is 2.30. The van der Waals surface area contributed by atoms with Gasteiger partial charge in [-0.3, -0.25) is 4.79 Å². The molecule has 0 saturated heterocycles. The lowest BCUT2D eigenvalue weighted by Gasteiger charge is -2.12. The lowest BCUT2D eigenvalue weighted by molar-refractivity contribution is -0.116. The average Bonchev–Trinajstić information content (AvgIpc) is 2.91. The van der Waals surface area contributed by atoms with E-state index >= 15 is 0 Å².